The molecule has 1 fully saturated rings. The van der Waals surface area contributed by atoms with Gasteiger partial charge in [-0.25, -0.2) is 13.4 Å². The van der Waals surface area contributed by atoms with Crippen molar-refractivity contribution in [2.24, 2.45) is 0 Å². The number of aryl methyl sites for hydroxylation is 2. The Hall–Kier alpha value is -2.68. The Morgan fingerprint density at radius 3 is 2.19 bits per heavy atom. The van der Waals surface area contributed by atoms with E-state index in [-0.39, 0.29) is 4.90 Å². The molecule has 2 aromatic carbocycles. The molecule has 162 valence electrons. The van der Waals surface area contributed by atoms with Crippen molar-refractivity contribution in [1.29, 1.82) is 0 Å². The van der Waals surface area contributed by atoms with E-state index in [1.807, 2.05) is 43.0 Å². The van der Waals surface area contributed by atoms with Gasteiger partial charge in [0.15, 0.2) is 0 Å². The first-order valence-electron chi connectivity index (χ1n) is 9.92. The molecule has 0 unspecified atom stereocenters. The van der Waals surface area contributed by atoms with E-state index < -0.39 is 10.0 Å². The van der Waals surface area contributed by atoms with Crippen molar-refractivity contribution in [1.82, 2.24) is 14.3 Å². The second kappa shape index (κ2) is 8.82. The maximum atomic E-state index is 12.9. The lowest BCUT2D eigenvalue weighted by Crippen LogP contribution is -2.49. The predicted octanol–water partition coefficient (Wildman–Crippen LogP) is 4.05. The minimum absolute atomic E-state index is 0.247. The smallest absolute Gasteiger partial charge is 0.243 e. The molecule has 9 heteroatoms. The number of sulfonamides is 1. The molecule has 0 radical (unpaired) electrons. The average molecular weight is 459 g/mol. The lowest BCUT2D eigenvalue weighted by Gasteiger charge is -2.34. The van der Waals surface area contributed by atoms with E-state index in [0.29, 0.717) is 48.7 Å². The maximum absolute atomic E-state index is 12.9. The number of hydrogen-bond acceptors (Lipinski definition) is 6. The Kier molecular flexibility index (Phi) is 6.13. The van der Waals surface area contributed by atoms with Crippen molar-refractivity contribution in [3.05, 3.63) is 71.0 Å². The van der Waals surface area contributed by atoms with E-state index in [1.54, 1.807) is 18.2 Å². The molecule has 1 aromatic heterocycles. The summed E-state index contributed by atoms with van der Waals surface area (Å²) in [6.07, 6.45) is 0. The molecule has 1 saturated heterocycles. The molecule has 0 amide bonds. The van der Waals surface area contributed by atoms with Gasteiger partial charge >= 0.3 is 0 Å². The van der Waals surface area contributed by atoms with Crippen LogP contribution in [-0.2, 0) is 10.0 Å². The zero-order chi connectivity index (χ0) is 22.0. The molecule has 2 heterocycles. The van der Waals surface area contributed by atoms with E-state index >= 15 is 0 Å². The van der Waals surface area contributed by atoms with Crippen LogP contribution in [-0.4, -0.2) is 48.9 Å². The van der Waals surface area contributed by atoms with Gasteiger partial charge in [-0.1, -0.05) is 29.3 Å². The van der Waals surface area contributed by atoms with Gasteiger partial charge in [0.25, 0.3) is 0 Å². The highest BCUT2D eigenvalue weighted by Gasteiger charge is 2.29. The van der Waals surface area contributed by atoms with Gasteiger partial charge < -0.3 is 9.64 Å². The van der Waals surface area contributed by atoms with Crippen LogP contribution in [0.4, 0.5) is 5.82 Å². The summed E-state index contributed by atoms with van der Waals surface area (Å²) >= 11 is 5.88. The molecule has 1 aliphatic rings. The minimum atomic E-state index is -3.55. The van der Waals surface area contributed by atoms with Crippen molar-refractivity contribution in [3.63, 3.8) is 0 Å². The van der Waals surface area contributed by atoms with Gasteiger partial charge in [-0.05, 0) is 50.2 Å². The van der Waals surface area contributed by atoms with Crippen molar-refractivity contribution in [2.45, 2.75) is 18.7 Å². The summed E-state index contributed by atoms with van der Waals surface area (Å²) in [6.45, 7) is 5.60. The number of rotatable bonds is 5. The predicted molar refractivity (Wildman–Crippen MR) is 120 cm³/mol. The average Bonchev–Trinajstić information content (AvgIpc) is 2.75. The van der Waals surface area contributed by atoms with Crippen LogP contribution in [0.25, 0.3) is 0 Å². The number of nitrogens with zero attached hydrogens (tertiary/aromatic N) is 4. The second-order valence-corrected chi connectivity index (χ2v) is 9.75. The highest BCUT2D eigenvalue weighted by molar-refractivity contribution is 7.89. The van der Waals surface area contributed by atoms with Crippen LogP contribution in [0.15, 0.2) is 59.5 Å². The van der Waals surface area contributed by atoms with Crippen molar-refractivity contribution in [2.75, 3.05) is 31.1 Å². The van der Waals surface area contributed by atoms with E-state index in [2.05, 4.69) is 9.97 Å². The van der Waals surface area contributed by atoms with Crippen LogP contribution in [0.3, 0.4) is 0 Å². The number of hydrogen-bond donors (Lipinski definition) is 0. The minimum Gasteiger partial charge on any atom is -0.439 e. The topological polar surface area (TPSA) is 75.6 Å². The summed E-state index contributed by atoms with van der Waals surface area (Å²) in [5, 5.41) is 0.506. The molecule has 0 saturated carbocycles. The maximum Gasteiger partial charge on any atom is 0.243 e. The van der Waals surface area contributed by atoms with E-state index in [9.17, 15) is 8.42 Å². The third-order valence-corrected chi connectivity index (χ3v) is 7.22. The fourth-order valence-corrected chi connectivity index (χ4v) is 4.93. The van der Waals surface area contributed by atoms with Gasteiger partial charge in [-0.2, -0.15) is 9.29 Å². The monoisotopic (exact) mass is 458 g/mol. The van der Waals surface area contributed by atoms with E-state index in [0.717, 1.165) is 11.4 Å². The Labute approximate surface area is 187 Å². The van der Waals surface area contributed by atoms with Gasteiger partial charge in [0.2, 0.25) is 15.9 Å². The van der Waals surface area contributed by atoms with Gasteiger partial charge in [-0.3, -0.25) is 0 Å². The fourth-order valence-electron chi connectivity index (χ4n) is 3.38. The number of piperazine rings is 1. The molecule has 0 aliphatic carbocycles. The number of halogens is 1. The van der Waals surface area contributed by atoms with Crippen molar-refractivity contribution < 1.29 is 13.2 Å². The molecular formula is C22H23ClN4O3S. The third kappa shape index (κ3) is 4.98. The van der Waals surface area contributed by atoms with Gasteiger partial charge in [-0.15, -0.1) is 0 Å². The molecule has 1 aliphatic heterocycles. The van der Waals surface area contributed by atoms with E-state index in [4.69, 9.17) is 16.3 Å². The summed E-state index contributed by atoms with van der Waals surface area (Å²) in [4.78, 5) is 11.2. The quantitative estimate of drug-likeness (QED) is 0.574. The summed E-state index contributed by atoms with van der Waals surface area (Å²) in [5.74, 6) is 2.48. The van der Waals surface area contributed by atoms with Gasteiger partial charge in [0.05, 0.1) is 4.90 Å². The fraction of sp³-hybridized carbons (Fsp3) is 0.273. The SMILES string of the molecule is Cc1ccc(Oc2cc(N3CCN(S(=O)(=O)c4ccc(Cl)cc4)CC3)nc(C)n2)cc1. The molecule has 31 heavy (non-hydrogen) atoms. The van der Waals surface area contributed by atoms with Crippen LogP contribution < -0.4 is 9.64 Å². The Balaban J connectivity index is 1.46. The zero-order valence-electron chi connectivity index (χ0n) is 17.3. The lowest BCUT2D eigenvalue weighted by molar-refractivity contribution is 0.383. The Morgan fingerprint density at radius 2 is 1.55 bits per heavy atom. The largest absolute Gasteiger partial charge is 0.439 e. The first kappa shape index (κ1) is 21.5. The molecular weight excluding hydrogens is 436 g/mol. The number of anilines is 1. The van der Waals surface area contributed by atoms with Crippen molar-refractivity contribution in [3.8, 4) is 11.6 Å². The van der Waals surface area contributed by atoms with Crippen LogP contribution in [0.2, 0.25) is 5.02 Å². The lowest BCUT2D eigenvalue weighted by atomic mass is 10.2. The zero-order valence-corrected chi connectivity index (χ0v) is 18.9. The summed E-state index contributed by atoms with van der Waals surface area (Å²) in [5.41, 5.74) is 1.15. The van der Waals surface area contributed by atoms with Crippen molar-refractivity contribution >= 4 is 27.4 Å². The first-order chi connectivity index (χ1) is 14.8. The Bertz CT molecular complexity index is 1160. The molecule has 7 nitrogen and oxygen atoms in total. The summed E-state index contributed by atoms with van der Waals surface area (Å²) < 4.78 is 33.2. The molecule has 4 rings (SSSR count). The van der Waals surface area contributed by atoms with Crippen LogP contribution >= 0.6 is 11.6 Å². The van der Waals surface area contributed by atoms with E-state index in [1.165, 1.54) is 16.4 Å². The highest BCUT2D eigenvalue weighted by Crippen LogP contribution is 2.26. The third-order valence-electron chi connectivity index (χ3n) is 5.06. The Morgan fingerprint density at radius 1 is 0.903 bits per heavy atom. The molecule has 0 N–H and O–H groups in total. The standard InChI is InChI=1S/C22H23ClN4O3S/c1-16-3-7-19(8-4-16)30-22-15-21(24-17(2)25-22)26-11-13-27(14-12-26)31(28,29)20-9-5-18(23)6-10-20/h3-10,15H,11-14H2,1-2H3. The summed E-state index contributed by atoms with van der Waals surface area (Å²) in [6, 6.07) is 15.8. The van der Waals surface area contributed by atoms with Gasteiger partial charge in [0, 0.05) is 37.3 Å². The van der Waals surface area contributed by atoms with Crippen LogP contribution in [0.5, 0.6) is 11.6 Å². The number of ether oxygens (including phenoxy) is 1. The summed E-state index contributed by atoms with van der Waals surface area (Å²) in [7, 11) is -3.55. The normalized spacial score (nSPS) is 15.1. The van der Waals surface area contributed by atoms with Crippen LogP contribution in [0.1, 0.15) is 11.4 Å². The molecule has 3 aromatic rings. The second-order valence-electron chi connectivity index (χ2n) is 7.37. The van der Waals surface area contributed by atoms with Gasteiger partial charge in [0.1, 0.15) is 17.4 Å². The number of aromatic nitrogens is 2. The number of benzene rings is 2. The molecule has 0 bridgehead atoms. The molecule has 0 spiro atoms. The van der Waals surface area contributed by atoms with Crippen LogP contribution in [0, 0.1) is 13.8 Å². The molecule has 0 atom stereocenters. The highest BCUT2D eigenvalue weighted by atomic mass is 35.5. The first-order valence-corrected chi connectivity index (χ1v) is 11.7.